The molecule has 0 radical (unpaired) electrons. The molecule has 0 aliphatic rings. The molecule has 1 N–H and O–H groups in total. The number of ether oxygens (including phenoxy) is 2. The van der Waals surface area contributed by atoms with Crippen LogP contribution in [-0.4, -0.2) is 19.2 Å². The van der Waals surface area contributed by atoms with Crippen molar-refractivity contribution in [1.82, 2.24) is 4.98 Å². The lowest BCUT2D eigenvalue weighted by Crippen LogP contribution is -2.05. The van der Waals surface area contributed by atoms with E-state index in [4.69, 9.17) is 9.47 Å². The van der Waals surface area contributed by atoms with Crippen LogP contribution in [0.4, 0.5) is 24.0 Å². The van der Waals surface area contributed by atoms with Gasteiger partial charge < -0.3 is 14.8 Å². The quantitative estimate of drug-likeness (QED) is 0.627. The third-order valence-electron chi connectivity index (χ3n) is 3.62. The van der Waals surface area contributed by atoms with Crippen molar-refractivity contribution >= 4 is 22.2 Å². The number of nitrogens with zero attached hydrogens (tertiary/aromatic N) is 1. The number of thiazole rings is 1. The average molecular weight is 380 g/mol. The van der Waals surface area contributed by atoms with E-state index in [1.165, 1.54) is 17.4 Å². The molecule has 0 saturated carbocycles. The zero-order valence-electron chi connectivity index (χ0n) is 13.9. The van der Waals surface area contributed by atoms with Gasteiger partial charge in [0.1, 0.15) is 0 Å². The van der Waals surface area contributed by atoms with Crippen molar-refractivity contribution < 1.29 is 22.6 Å². The highest BCUT2D eigenvalue weighted by atomic mass is 32.1. The molecule has 0 aliphatic heterocycles. The van der Waals surface area contributed by atoms with Crippen molar-refractivity contribution in [2.24, 2.45) is 0 Å². The third kappa shape index (κ3) is 3.91. The Balaban J connectivity index is 1.83. The van der Waals surface area contributed by atoms with Gasteiger partial charge in [0.25, 0.3) is 0 Å². The topological polar surface area (TPSA) is 43.4 Å². The van der Waals surface area contributed by atoms with Gasteiger partial charge in [-0.15, -0.1) is 11.3 Å². The molecule has 1 aromatic heterocycles. The molecule has 3 rings (SSSR count). The number of anilines is 2. The summed E-state index contributed by atoms with van der Waals surface area (Å²) in [5.74, 6) is 1.18. The Morgan fingerprint density at radius 1 is 1.00 bits per heavy atom. The van der Waals surface area contributed by atoms with Crippen molar-refractivity contribution in [3.8, 4) is 22.8 Å². The van der Waals surface area contributed by atoms with Crippen molar-refractivity contribution in [3.63, 3.8) is 0 Å². The van der Waals surface area contributed by atoms with E-state index in [-0.39, 0.29) is 0 Å². The third-order valence-corrected chi connectivity index (χ3v) is 4.38. The van der Waals surface area contributed by atoms with Gasteiger partial charge in [-0.25, -0.2) is 4.98 Å². The van der Waals surface area contributed by atoms with Crippen molar-refractivity contribution in [3.05, 3.63) is 53.4 Å². The fraction of sp³-hybridized carbons (Fsp3) is 0.167. The first kappa shape index (κ1) is 18.1. The SMILES string of the molecule is COc1ccc(-c2csc(Nc3cccc(C(F)(F)F)c3)n2)cc1OC. The second-order valence-electron chi connectivity index (χ2n) is 5.31. The molecule has 0 amide bonds. The van der Waals surface area contributed by atoms with E-state index in [1.54, 1.807) is 32.4 Å². The second-order valence-corrected chi connectivity index (χ2v) is 6.17. The van der Waals surface area contributed by atoms with Crippen LogP contribution >= 0.6 is 11.3 Å². The fourth-order valence-electron chi connectivity index (χ4n) is 2.36. The van der Waals surface area contributed by atoms with Gasteiger partial charge in [-0.2, -0.15) is 13.2 Å². The molecule has 0 atom stereocenters. The molecule has 4 nitrogen and oxygen atoms in total. The lowest BCUT2D eigenvalue weighted by Gasteiger charge is -2.09. The van der Waals surface area contributed by atoms with E-state index in [0.717, 1.165) is 17.7 Å². The van der Waals surface area contributed by atoms with E-state index < -0.39 is 11.7 Å². The largest absolute Gasteiger partial charge is 0.493 e. The smallest absolute Gasteiger partial charge is 0.416 e. The molecule has 2 aromatic carbocycles. The predicted octanol–water partition coefficient (Wildman–Crippen LogP) is 5.59. The molecule has 0 unspecified atom stereocenters. The number of benzene rings is 2. The number of halogens is 3. The summed E-state index contributed by atoms with van der Waals surface area (Å²) in [4.78, 5) is 4.43. The summed E-state index contributed by atoms with van der Waals surface area (Å²) in [7, 11) is 3.10. The van der Waals surface area contributed by atoms with Crippen LogP contribution in [0.2, 0.25) is 0 Å². The van der Waals surface area contributed by atoms with Crippen LogP contribution in [0.15, 0.2) is 47.8 Å². The summed E-state index contributed by atoms with van der Waals surface area (Å²) >= 11 is 1.30. The molecule has 1 heterocycles. The molecule has 0 saturated heterocycles. The van der Waals surface area contributed by atoms with Crippen LogP contribution in [0.25, 0.3) is 11.3 Å². The summed E-state index contributed by atoms with van der Waals surface area (Å²) < 4.78 is 48.9. The normalized spacial score (nSPS) is 11.3. The Morgan fingerprint density at radius 2 is 1.77 bits per heavy atom. The van der Waals surface area contributed by atoms with Crippen LogP contribution in [0, 0.1) is 0 Å². The molecule has 8 heteroatoms. The minimum atomic E-state index is -4.38. The predicted molar refractivity (Wildman–Crippen MR) is 95.4 cm³/mol. The van der Waals surface area contributed by atoms with E-state index >= 15 is 0 Å². The van der Waals surface area contributed by atoms with Gasteiger partial charge in [0, 0.05) is 16.6 Å². The van der Waals surface area contributed by atoms with Gasteiger partial charge in [-0.3, -0.25) is 0 Å². The van der Waals surface area contributed by atoms with Gasteiger partial charge >= 0.3 is 6.18 Å². The number of aromatic nitrogens is 1. The average Bonchev–Trinajstić information content (AvgIpc) is 3.09. The molecular formula is C18H15F3N2O2S. The Kier molecular flexibility index (Phi) is 5.03. The standard InChI is InChI=1S/C18H15F3N2O2S/c1-24-15-7-6-11(8-16(15)25-2)14-10-26-17(23-14)22-13-5-3-4-12(9-13)18(19,20)21/h3-10H,1-2H3,(H,22,23). The number of methoxy groups -OCH3 is 2. The Bertz CT molecular complexity index is 909. The molecule has 0 spiro atoms. The summed E-state index contributed by atoms with van der Waals surface area (Å²) in [6.45, 7) is 0. The fourth-order valence-corrected chi connectivity index (χ4v) is 3.10. The van der Waals surface area contributed by atoms with Crippen LogP contribution in [-0.2, 0) is 6.18 Å². The van der Waals surface area contributed by atoms with E-state index in [2.05, 4.69) is 10.3 Å². The van der Waals surface area contributed by atoms with Crippen LogP contribution < -0.4 is 14.8 Å². The highest BCUT2D eigenvalue weighted by Gasteiger charge is 2.30. The van der Waals surface area contributed by atoms with Gasteiger partial charge in [-0.1, -0.05) is 6.07 Å². The van der Waals surface area contributed by atoms with Crippen molar-refractivity contribution in [1.29, 1.82) is 0 Å². The van der Waals surface area contributed by atoms with E-state index in [1.807, 2.05) is 11.4 Å². The molecular weight excluding hydrogens is 365 g/mol. The number of rotatable bonds is 5. The van der Waals surface area contributed by atoms with Gasteiger partial charge in [0.15, 0.2) is 16.6 Å². The highest BCUT2D eigenvalue weighted by Crippen LogP contribution is 2.35. The second kappa shape index (κ2) is 7.25. The lowest BCUT2D eigenvalue weighted by molar-refractivity contribution is -0.137. The molecule has 136 valence electrons. The number of hydrogen-bond acceptors (Lipinski definition) is 5. The van der Waals surface area contributed by atoms with Crippen LogP contribution in [0.1, 0.15) is 5.56 Å². The number of hydrogen-bond donors (Lipinski definition) is 1. The zero-order chi connectivity index (χ0) is 18.7. The minimum absolute atomic E-state index is 0.327. The first-order valence-corrected chi connectivity index (χ1v) is 8.41. The highest BCUT2D eigenvalue weighted by molar-refractivity contribution is 7.14. The first-order valence-electron chi connectivity index (χ1n) is 7.53. The maximum absolute atomic E-state index is 12.8. The van der Waals surface area contributed by atoms with Crippen molar-refractivity contribution in [2.45, 2.75) is 6.18 Å². The van der Waals surface area contributed by atoms with Gasteiger partial charge in [0.05, 0.1) is 25.5 Å². The number of nitrogens with one attached hydrogen (secondary N) is 1. The monoisotopic (exact) mass is 380 g/mol. The van der Waals surface area contributed by atoms with E-state index in [9.17, 15) is 13.2 Å². The molecule has 0 fully saturated rings. The van der Waals surface area contributed by atoms with E-state index in [0.29, 0.717) is 28.0 Å². The number of alkyl halides is 3. The van der Waals surface area contributed by atoms with Gasteiger partial charge in [0.2, 0.25) is 0 Å². The maximum atomic E-state index is 12.8. The Morgan fingerprint density at radius 3 is 2.46 bits per heavy atom. The minimum Gasteiger partial charge on any atom is -0.493 e. The first-order chi connectivity index (χ1) is 12.4. The molecule has 26 heavy (non-hydrogen) atoms. The lowest BCUT2D eigenvalue weighted by atomic mass is 10.1. The zero-order valence-corrected chi connectivity index (χ0v) is 14.7. The molecule has 0 bridgehead atoms. The van der Waals surface area contributed by atoms with Gasteiger partial charge in [-0.05, 0) is 36.4 Å². The van der Waals surface area contributed by atoms with Crippen LogP contribution in [0.5, 0.6) is 11.5 Å². The maximum Gasteiger partial charge on any atom is 0.416 e. The molecule has 0 aliphatic carbocycles. The molecule has 3 aromatic rings. The Labute approximate surface area is 152 Å². The summed E-state index contributed by atoms with van der Waals surface area (Å²) in [5.41, 5.74) is 1.12. The summed E-state index contributed by atoms with van der Waals surface area (Å²) in [5, 5.41) is 5.22. The summed E-state index contributed by atoms with van der Waals surface area (Å²) in [6.07, 6.45) is -4.38. The van der Waals surface area contributed by atoms with Crippen molar-refractivity contribution in [2.75, 3.05) is 19.5 Å². The summed E-state index contributed by atoms with van der Waals surface area (Å²) in [6, 6.07) is 10.4. The Hall–Kier alpha value is -2.74. The van der Waals surface area contributed by atoms with Crippen LogP contribution in [0.3, 0.4) is 0 Å².